The Hall–Kier alpha value is -0.860. The van der Waals surface area contributed by atoms with Gasteiger partial charge in [0, 0.05) is 18.1 Å². The van der Waals surface area contributed by atoms with Crippen molar-refractivity contribution in [3.63, 3.8) is 0 Å². The summed E-state index contributed by atoms with van der Waals surface area (Å²) in [5.41, 5.74) is 3.00. The van der Waals surface area contributed by atoms with Crippen molar-refractivity contribution in [3.8, 4) is 0 Å². The minimum absolute atomic E-state index is 0.206. The fourth-order valence-electron chi connectivity index (χ4n) is 1.93. The molecule has 108 valence electrons. The zero-order valence-electron chi connectivity index (χ0n) is 13.5. The molecule has 0 aromatic heterocycles. The van der Waals surface area contributed by atoms with E-state index >= 15 is 0 Å². The van der Waals surface area contributed by atoms with Crippen molar-refractivity contribution in [2.24, 2.45) is 0 Å². The second-order valence-electron chi connectivity index (χ2n) is 6.52. The summed E-state index contributed by atoms with van der Waals surface area (Å²) >= 11 is 0. The molecule has 1 atom stereocenters. The molecule has 1 rings (SSSR count). The van der Waals surface area contributed by atoms with Gasteiger partial charge in [0.1, 0.15) is 0 Å². The lowest BCUT2D eigenvalue weighted by atomic mass is 10.0. The highest BCUT2D eigenvalue weighted by Gasteiger charge is 2.20. The normalized spacial score (nSPS) is 13.8. The summed E-state index contributed by atoms with van der Waals surface area (Å²) in [7, 11) is 4.28. The Morgan fingerprint density at radius 1 is 1.26 bits per heavy atom. The number of likely N-dealkylation sites (N-methyl/N-ethyl adjacent to an activating group) is 1. The quantitative estimate of drug-likeness (QED) is 0.811. The van der Waals surface area contributed by atoms with Gasteiger partial charge >= 0.3 is 0 Å². The molecular weight excluding hydrogens is 232 g/mol. The molecule has 0 saturated carbocycles. The van der Waals surface area contributed by atoms with Crippen LogP contribution < -0.4 is 5.32 Å². The summed E-state index contributed by atoms with van der Waals surface area (Å²) in [5.74, 6) is 0. The fourth-order valence-corrected chi connectivity index (χ4v) is 1.93. The monoisotopic (exact) mass is 262 g/mol. The SMILES string of the molecule is Cc1cccc(CCC(C)NCC(C)(C)N(C)C)c1. The van der Waals surface area contributed by atoms with Crippen molar-refractivity contribution in [1.29, 1.82) is 0 Å². The van der Waals surface area contributed by atoms with E-state index in [1.807, 2.05) is 0 Å². The van der Waals surface area contributed by atoms with Crippen LogP contribution in [0.1, 0.15) is 38.3 Å². The third-order valence-electron chi connectivity index (χ3n) is 4.04. The van der Waals surface area contributed by atoms with E-state index in [-0.39, 0.29) is 5.54 Å². The summed E-state index contributed by atoms with van der Waals surface area (Å²) in [4.78, 5) is 2.27. The molecule has 0 heterocycles. The molecule has 19 heavy (non-hydrogen) atoms. The van der Waals surface area contributed by atoms with Crippen molar-refractivity contribution in [2.45, 2.75) is 52.1 Å². The summed E-state index contributed by atoms with van der Waals surface area (Å²) in [6.45, 7) is 10.0. The number of hydrogen-bond acceptors (Lipinski definition) is 2. The van der Waals surface area contributed by atoms with E-state index in [4.69, 9.17) is 0 Å². The van der Waals surface area contributed by atoms with Crippen LogP contribution >= 0.6 is 0 Å². The van der Waals surface area contributed by atoms with Gasteiger partial charge in [-0.05, 0) is 60.2 Å². The summed E-state index contributed by atoms with van der Waals surface area (Å²) < 4.78 is 0. The van der Waals surface area contributed by atoms with Gasteiger partial charge in [0.25, 0.3) is 0 Å². The Labute approximate surface area is 119 Å². The molecule has 0 saturated heterocycles. The Morgan fingerprint density at radius 3 is 2.53 bits per heavy atom. The molecule has 0 aliphatic carbocycles. The highest BCUT2D eigenvalue weighted by molar-refractivity contribution is 5.22. The predicted molar refractivity (Wildman–Crippen MR) is 84.7 cm³/mol. The van der Waals surface area contributed by atoms with Gasteiger partial charge in [-0.2, -0.15) is 0 Å². The van der Waals surface area contributed by atoms with Crippen LogP contribution in [0.15, 0.2) is 24.3 Å². The van der Waals surface area contributed by atoms with Crippen LogP contribution in [0.3, 0.4) is 0 Å². The molecule has 0 fully saturated rings. The Bertz CT molecular complexity index is 383. The van der Waals surface area contributed by atoms with Crippen LogP contribution in [0.4, 0.5) is 0 Å². The molecule has 0 spiro atoms. The molecule has 0 amide bonds. The number of nitrogens with one attached hydrogen (secondary N) is 1. The number of benzene rings is 1. The van der Waals surface area contributed by atoms with E-state index in [9.17, 15) is 0 Å². The van der Waals surface area contributed by atoms with Crippen molar-refractivity contribution in [2.75, 3.05) is 20.6 Å². The molecule has 2 nitrogen and oxygen atoms in total. The number of rotatable bonds is 7. The Balaban J connectivity index is 2.34. The highest BCUT2D eigenvalue weighted by Crippen LogP contribution is 2.11. The first kappa shape index (κ1) is 16.2. The van der Waals surface area contributed by atoms with E-state index < -0.39 is 0 Å². The van der Waals surface area contributed by atoms with Gasteiger partial charge in [-0.1, -0.05) is 29.8 Å². The molecule has 0 aliphatic rings. The standard InChI is InChI=1S/C17H30N2/c1-14-8-7-9-16(12-14)11-10-15(2)18-13-17(3,4)19(5)6/h7-9,12,15,18H,10-11,13H2,1-6H3. The largest absolute Gasteiger partial charge is 0.312 e. The fraction of sp³-hybridized carbons (Fsp3) is 0.647. The molecule has 0 radical (unpaired) electrons. The molecule has 1 unspecified atom stereocenters. The summed E-state index contributed by atoms with van der Waals surface area (Å²) in [5, 5.41) is 3.65. The highest BCUT2D eigenvalue weighted by atomic mass is 15.2. The maximum Gasteiger partial charge on any atom is 0.0271 e. The van der Waals surface area contributed by atoms with E-state index in [0.717, 1.165) is 13.0 Å². The van der Waals surface area contributed by atoms with Crippen LogP contribution in [0.5, 0.6) is 0 Å². The predicted octanol–water partition coefficient (Wildman–Crippen LogP) is 3.25. The average molecular weight is 262 g/mol. The number of nitrogens with zero attached hydrogens (tertiary/aromatic N) is 1. The van der Waals surface area contributed by atoms with Crippen molar-refractivity contribution >= 4 is 0 Å². The minimum atomic E-state index is 0.206. The smallest absolute Gasteiger partial charge is 0.0271 e. The van der Waals surface area contributed by atoms with Crippen molar-refractivity contribution in [3.05, 3.63) is 35.4 Å². The maximum absolute atomic E-state index is 3.65. The van der Waals surface area contributed by atoms with Gasteiger partial charge in [-0.25, -0.2) is 0 Å². The van der Waals surface area contributed by atoms with Gasteiger partial charge in [0.2, 0.25) is 0 Å². The van der Waals surface area contributed by atoms with E-state index in [0.29, 0.717) is 6.04 Å². The van der Waals surface area contributed by atoms with Crippen LogP contribution in [0, 0.1) is 6.92 Å². The third-order valence-corrected chi connectivity index (χ3v) is 4.04. The zero-order valence-corrected chi connectivity index (χ0v) is 13.5. The first-order valence-corrected chi connectivity index (χ1v) is 7.27. The van der Waals surface area contributed by atoms with E-state index in [1.54, 1.807) is 0 Å². The lowest BCUT2D eigenvalue weighted by Crippen LogP contribution is -2.48. The molecule has 0 bridgehead atoms. The van der Waals surface area contributed by atoms with Gasteiger partial charge < -0.3 is 10.2 Å². The molecule has 1 aromatic rings. The van der Waals surface area contributed by atoms with Crippen LogP contribution in [-0.2, 0) is 6.42 Å². The second kappa shape index (κ2) is 7.06. The molecular formula is C17H30N2. The zero-order chi connectivity index (χ0) is 14.5. The third kappa shape index (κ3) is 5.75. The van der Waals surface area contributed by atoms with Gasteiger partial charge in [0.05, 0.1) is 0 Å². The van der Waals surface area contributed by atoms with Crippen molar-refractivity contribution in [1.82, 2.24) is 10.2 Å². The first-order chi connectivity index (χ1) is 8.81. The summed E-state index contributed by atoms with van der Waals surface area (Å²) in [6.07, 6.45) is 2.34. The van der Waals surface area contributed by atoms with Crippen molar-refractivity contribution < 1.29 is 0 Å². The Morgan fingerprint density at radius 2 is 1.95 bits per heavy atom. The molecule has 2 heteroatoms. The van der Waals surface area contributed by atoms with Crippen LogP contribution in [0.25, 0.3) is 0 Å². The molecule has 0 aliphatic heterocycles. The lowest BCUT2D eigenvalue weighted by Gasteiger charge is -2.34. The second-order valence-corrected chi connectivity index (χ2v) is 6.52. The first-order valence-electron chi connectivity index (χ1n) is 7.27. The van der Waals surface area contributed by atoms with Gasteiger partial charge in [-0.15, -0.1) is 0 Å². The molecule has 1 aromatic carbocycles. The minimum Gasteiger partial charge on any atom is -0.312 e. The number of aryl methyl sites for hydroxylation is 2. The van der Waals surface area contributed by atoms with Gasteiger partial charge in [0.15, 0.2) is 0 Å². The maximum atomic E-state index is 3.65. The van der Waals surface area contributed by atoms with Gasteiger partial charge in [-0.3, -0.25) is 0 Å². The lowest BCUT2D eigenvalue weighted by molar-refractivity contribution is 0.184. The van der Waals surface area contributed by atoms with E-state index in [1.165, 1.54) is 17.5 Å². The van der Waals surface area contributed by atoms with Crippen LogP contribution in [0.2, 0.25) is 0 Å². The Kier molecular flexibility index (Phi) is 6.02. The summed E-state index contributed by atoms with van der Waals surface area (Å²) in [6, 6.07) is 9.38. The van der Waals surface area contributed by atoms with E-state index in [2.05, 4.69) is 76.3 Å². The topological polar surface area (TPSA) is 15.3 Å². The average Bonchev–Trinajstić information content (AvgIpc) is 2.34. The van der Waals surface area contributed by atoms with Crippen LogP contribution in [-0.4, -0.2) is 37.1 Å². The number of hydrogen-bond donors (Lipinski definition) is 1. The molecule has 1 N–H and O–H groups in total.